The van der Waals surface area contributed by atoms with Crippen molar-refractivity contribution in [3.8, 4) is 0 Å². The molecule has 1 aliphatic rings. The quantitative estimate of drug-likeness (QED) is 0.439. The van der Waals surface area contributed by atoms with Crippen molar-refractivity contribution in [2.45, 2.75) is 58.3 Å². The fourth-order valence-electron chi connectivity index (χ4n) is 1.83. The third-order valence-corrected chi connectivity index (χ3v) is 2.72. The lowest BCUT2D eigenvalue weighted by Gasteiger charge is -2.24. The van der Waals surface area contributed by atoms with Gasteiger partial charge in [0.15, 0.2) is 0 Å². The minimum absolute atomic E-state index is 0.0216. The SMILES string of the molecule is CC(C)C(OC(=O)CC(=O)O)OC1CCCC1. The second-order valence-electron chi connectivity index (χ2n) is 4.72. The zero-order valence-electron chi connectivity index (χ0n) is 10.3. The van der Waals surface area contributed by atoms with Gasteiger partial charge in [0.25, 0.3) is 0 Å². The van der Waals surface area contributed by atoms with Gasteiger partial charge < -0.3 is 14.6 Å². The maximum atomic E-state index is 11.3. The number of carbonyl (C=O) groups excluding carboxylic acids is 1. The number of hydrogen-bond acceptors (Lipinski definition) is 4. The highest BCUT2D eigenvalue weighted by atomic mass is 16.7. The molecule has 0 aromatic rings. The van der Waals surface area contributed by atoms with Crippen molar-refractivity contribution in [3.63, 3.8) is 0 Å². The average Bonchev–Trinajstić information content (AvgIpc) is 2.67. The lowest BCUT2D eigenvalue weighted by atomic mass is 10.2. The molecule has 0 radical (unpaired) electrons. The molecule has 1 fully saturated rings. The molecular weight excluding hydrogens is 224 g/mol. The van der Waals surface area contributed by atoms with Gasteiger partial charge in [-0.15, -0.1) is 0 Å². The lowest BCUT2D eigenvalue weighted by molar-refractivity contribution is -0.201. The molecule has 1 unspecified atom stereocenters. The van der Waals surface area contributed by atoms with Crippen LogP contribution in [0.1, 0.15) is 46.0 Å². The third-order valence-electron chi connectivity index (χ3n) is 2.72. The van der Waals surface area contributed by atoms with Crippen LogP contribution in [0.15, 0.2) is 0 Å². The molecule has 5 heteroatoms. The smallest absolute Gasteiger partial charge is 0.319 e. The van der Waals surface area contributed by atoms with Crippen molar-refractivity contribution in [2.24, 2.45) is 5.92 Å². The van der Waals surface area contributed by atoms with Crippen LogP contribution in [0.4, 0.5) is 0 Å². The lowest BCUT2D eigenvalue weighted by Crippen LogP contribution is -2.31. The number of carboxylic acids is 1. The van der Waals surface area contributed by atoms with Crippen LogP contribution in [0.3, 0.4) is 0 Å². The highest BCUT2D eigenvalue weighted by Gasteiger charge is 2.26. The van der Waals surface area contributed by atoms with E-state index in [2.05, 4.69) is 0 Å². The van der Waals surface area contributed by atoms with Gasteiger partial charge in [-0.25, -0.2) is 0 Å². The van der Waals surface area contributed by atoms with Crippen molar-refractivity contribution in [3.05, 3.63) is 0 Å². The molecule has 0 aromatic carbocycles. The van der Waals surface area contributed by atoms with Gasteiger partial charge in [-0.3, -0.25) is 9.59 Å². The average molecular weight is 244 g/mol. The van der Waals surface area contributed by atoms with Gasteiger partial charge in [0.05, 0.1) is 6.10 Å². The zero-order chi connectivity index (χ0) is 12.8. The van der Waals surface area contributed by atoms with E-state index >= 15 is 0 Å². The Bertz CT molecular complexity index is 268. The second kappa shape index (κ2) is 6.59. The molecule has 0 spiro atoms. The summed E-state index contributed by atoms with van der Waals surface area (Å²) in [5, 5.41) is 8.48. The van der Waals surface area contributed by atoms with E-state index in [0.717, 1.165) is 25.7 Å². The monoisotopic (exact) mass is 244 g/mol. The highest BCUT2D eigenvalue weighted by Crippen LogP contribution is 2.24. The van der Waals surface area contributed by atoms with E-state index in [1.807, 2.05) is 13.8 Å². The first-order chi connectivity index (χ1) is 7.99. The highest BCUT2D eigenvalue weighted by molar-refractivity contribution is 5.90. The maximum Gasteiger partial charge on any atom is 0.319 e. The Morgan fingerprint density at radius 2 is 1.88 bits per heavy atom. The molecule has 1 atom stereocenters. The first-order valence-electron chi connectivity index (χ1n) is 6.05. The van der Waals surface area contributed by atoms with Crippen molar-refractivity contribution in [2.75, 3.05) is 0 Å². The summed E-state index contributed by atoms with van der Waals surface area (Å²) in [5.41, 5.74) is 0. The van der Waals surface area contributed by atoms with Gasteiger partial charge in [0, 0.05) is 5.92 Å². The van der Waals surface area contributed by atoms with E-state index in [0.29, 0.717) is 0 Å². The third kappa shape index (κ3) is 5.17. The van der Waals surface area contributed by atoms with Crippen molar-refractivity contribution < 1.29 is 24.2 Å². The van der Waals surface area contributed by atoms with Gasteiger partial charge in [-0.2, -0.15) is 0 Å². The molecule has 0 aromatic heterocycles. The topological polar surface area (TPSA) is 72.8 Å². The summed E-state index contributed by atoms with van der Waals surface area (Å²) < 4.78 is 10.7. The fourth-order valence-corrected chi connectivity index (χ4v) is 1.83. The van der Waals surface area contributed by atoms with Crippen LogP contribution in [0.5, 0.6) is 0 Å². The van der Waals surface area contributed by atoms with Crippen molar-refractivity contribution in [1.82, 2.24) is 0 Å². The molecular formula is C12H20O5. The molecule has 0 heterocycles. The number of esters is 1. The molecule has 5 nitrogen and oxygen atoms in total. The Balaban J connectivity index is 2.41. The summed E-state index contributed by atoms with van der Waals surface area (Å²) in [6, 6.07) is 0. The van der Waals surface area contributed by atoms with Crippen LogP contribution in [0.2, 0.25) is 0 Å². The van der Waals surface area contributed by atoms with Crippen LogP contribution in [-0.4, -0.2) is 29.4 Å². The van der Waals surface area contributed by atoms with E-state index < -0.39 is 24.6 Å². The standard InChI is InChI=1S/C12H20O5/c1-8(2)12(16-9-5-3-4-6-9)17-11(15)7-10(13)14/h8-9,12H,3-7H2,1-2H3,(H,13,14). The number of carboxylic acid groups (broad SMARTS) is 1. The van der Waals surface area contributed by atoms with Crippen LogP contribution in [0.25, 0.3) is 0 Å². The summed E-state index contributed by atoms with van der Waals surface area (Å²) in [6.45, 7) is 3.77. The summed E-state index contributed by atoms with van der Waals surface area (Å²) in [7, 11) is 0. The molecule has 0 amide bonds. The normalized spacial score (nSPS) is 18.3. The summed E-state index contributed by atoms with van der Waals surface area (Å²) in [5.74, 6) is -1.90. The first-order valence-corrected chi connectivity index (χ1v) is 6.05. The summed E-state index contributed by atoms with van der Waals surface area (Å²) >= 11 is 0. The Hall–Kier alpha value is -1.10. The molecule has 0 bridgehead atoms. The van der Waals surface area contributed by atoms with E-state index in [1.165, 1.54) is 0 Å². The van der Waals surface area contributed by atoms with E-state index in [9.17, 15) is 9.59 Å². The van der Waals surface area contributed by atoms with Crippen LogP contribution in [0, 0.1) is 5.92 Å². The van der Waals surface area contributed by atoms with Gasteiger partial charge in [0.1, 0.15) is 6.42 Å². The van der Waals surface area contributed by atoms with Crippen LogP contribution >= 0.6 is 0 Å². The molecule has 17 heavy (non-hydrogen) atoms. The molecule has 0 saturated heterocycles. The predicted octanol–water partition coefficient (Wildman–Crippen LogP) is 1.95. The Morgan fingerprint density at radius 1 is 1.29 bits per heavy atom. The van der Waals surface area contributed by atoms with Gasteiger partial charge in [-0.05, 0) is 12.8 Å². The largest absolute Gasteiger partial charge is 0.481 e. The van der Waals surface area contributed by atoms with E-state index in [4.69, 9.17) is 14.6 Å². The van der Waals surface area contributed by atoms with E-state index in [-0.39, 0.29) is 12.0 Å². The number of carbonyl (C=O) groups is 2. The maximum absolute atomic E-state index is 11.3. The zero-order valence-corrected chi connectivity index (χ0v) is 10.3. The van der Waals surface area contributed by atoms with Crippen LogP contribution < -0.4 is 0 Å². The number of ether oxygens (including phenoxy) is 2. The van der Waals surface area contributed by atoms with Crippen molar-refractivity contribution >= 4 is 11.9 Å². The van der Waals surface area contributed by atoms with Crippen LogP contribution in [-0.2, 0) is 19.1 Å². The summed E-state index contributed by atoms with van der Waals surface area (Å²) in [4.78, 5) is 21.6. The van der Waals surface area contributed by atoms with Gasteiger partial charge in [0.2, 0.25) is 6.29 Å². The minimum Gasteiger partial charge on any atom is -0.481 e. The number of aliphatic carboxylic acids is 1. The molecule has 1 saturated carbocycles. The second-order valence-corrected chi connectivity index (χ2v) is 4.72. The minimum atomic E-state index is -1.18. The van der Waals surface area contributed by atoms with Gasteiger partial charge in [-0.1, -0.05) is 26.7 Å². The molecule has 0 aliphatic heterocycles. The Kier molecular flexibility index (Phi) is 5.41. The summed E-state index contributed by atoms with van der Waals surface area (Å²) in [6.07, 6.45) is 3.14. The van der Waals surface area contributed by atoms with E-state index in [1.54, 1.807) is 0 Å². The number of hydrogen-bond donors (Lipinski definition) is 1. The van der Waals surface area contributed by atoms with Gasteiger partial charge >= 0.3 is 11.9 Å². The molecule has 1 aliphatic carbocycles. The predicted molar refractivity (Wildman–Crippen MR) is 60.3 cm³/mol. The Labute approximate surface area is 101 Å². The molecule has 1 rings (SSSR count). The fraction of sp³-hybridized carbons (Fsp3) is 0.833. The number of rotatable bonds is 6. The molecule has 98 valence electrons. The first kappa shape index (κ1) is 14.0. The van der Waals surface area contributed by atoms with Crippen molar-refractivity contribution in [1.29, 1.82) is 0 Å². The Morgan fingerprint density at radius 3 is 2.35 bits per heavy atom. The molecule has 1 N–H and O–H groups in total.